The second-order valence-corrected chi connectivity index (χ2v) is 17.4. The van der Waals surface area contributed by atoms with Crippen molar-refractivity contribution < 1.29 is 42.6 Å². The Kier molecular flexibility index (Phi) is 17.7. The van der Waals surface area contributed by atoms with Gasteiger partial charge in [-0.2, -0.15) is 0 Å². The third-order valence-electron chi connectivity index (χ3n) is 10.1. The number of esters is 1. The lowest BCUT2D eigenvalue weighted by atomic mass is 9.85. The minimum atomic E-state index is -1.23. The Morgan fingerprint density at radius 3 is 1.76 bits per heavy atom. The average molecular weight is 870 g/mol. The van der Waals surface area contributed by atoms with E-state index in [4.69, 9.17) is 19.9 Å². The van der Waals surface area contributed by atoms with Gasteiger partial charge in [-0.15, -0.1) is 0 Å². The van der Waals surface area contributed by atoms with E-state index in [9.17, 15) is 28.4 Å². The second-order valence-electron chi connectivity index (χ2n) is 17.4. The Morgan fingerprint density at radius 2 is 1.22 bits per heavy atom. The molecule has 4 amide bonds. The number of nitrogens with zero attached hydrogens (tertiary/aromatic N) is 2. The van der Waals surface area contributed by atoms with Crippen molar-refractivity contribution in [2.24, 2.45) is 16.6 Å². The molecule has 0 saturated carbocycles. The molecule has 4 aromatic rings. The van der Waals surface area contributed by atoms with E-state index in [2.05, 4.69) is 26.4 Å². The highest BCUT2D eigenvalue weighted by Crippen LogP contribution is 2.24. The number of amides is 4. The molecule has 0 aliphatic heterocycles. The Hall–Kier alpha value is -6.39. The van der Waals surface area contributed by atoms with Crippen LogP contribution < -0.4 is 27.1 Å². The number of methoxy groups -OCH3 is 2. The third kappa shape index (κ3) is 15.5. The first-order valence-corrected chi connectivity index (χ1v) is 20.6. The van der Waals surface area contributed by atoms with Gasteiger partial charge in [-0.1, -0.05) is 114 Å². The molecule has 0 fully saturated rings. The molecule has 1 heterocycles. The molecule has 63 heavy (non-hydrogen) atoms. The minimum absolute atomic E-state index is 0.00617. The zero-order valence-electron chi connectivity index (χ0n) is 37.1. The molecule has 6 N–H and O–H groups in total. The summed E-state index contributed by atoms with van der Waals surface area (Å²) < 4.78 is 29.7. The Bertz CT molecular complexity index is 2110. The molecule has 0 saturated heterocycles. The number of hydrogen-bond donors (Lipinski definition) is 5. The Labute approximate surface area is 368 Å². The summed E-state index contributed by atoms with van der Waals surface area (Å²) in [5.74, 6) is -2.48. The molecule has 0 radical (unpaired) electrons. The third-order valence-corrected chi connectivity index (χ3v) is 10.1. The average Bonchev–Trinajstić information content (AvgIpc) is 3.24. The molecule has 16 heteroatoms. The molecule has 5 atom stereocenters. The smallest absolute Gasteiger partial charge is 0.407 e. The van der Waals surface area contributed by atoms with E-state index in [1.807, 2.05) is 72.8 Å². The van der Waals surface area contributed by atoms with Crippen molar-refractivity contribution in [1.29, 1.82) is 0 Å². The van der Waals surface area contributed by atoms with Gasteiger partial charge >= 0.3 is 18.2 Å². The molecule has 338 valence electrons. The maximum atomic E-state index is 14.4. The molecule has 0 spiro atoms. The van der Waals surface area contributed by atoms with Crippen LogP contribution >= 0.6 is 0 Å². The lowest BCUT2D eigenvalue weighted by Gasteiger charge is -2.37. The van der Waals surface area contributed by atoms with Crippen LogP contribution in [0.5, 0.6) is 0 Å². The van der Waals surface area contributed by atoms with E-state index in [-0.39, 0.29) is 25.9 Å². The lowest BCUT2D eigenvalue weighted by Crippen LogP contribution is -2.61. The van der Waals surface area contributed by atoms with E-state index < -0.39 is 76.9 Å². The number of hydrazine groups is 1. The van der Waals surface area contributed by atoms with Crippen molar-refractivity contribution in [2.75, 3.05) is 20.8 Å². The van der Waals surface area contributed by atoms with Crippen LogP contribution in [0.4, 0.5) is 14.0 Å². The summed E-state index contributed by atoms with van der Waals surface area (Å²) in [5.41, 5.74) is 11.5. The van der Waals surface area contributed by atoms with E-state index in [0.717, 1.165) is 22.4 Å². The molecule has 15 nitrogen and oxygen atoms in total. The van der Waals surface area contributed by atoms with E-state index in [1.54, 1.807) is 47.7 Å². The van der Waals surface area contributed by atoms with Crippen LogP contribution in [0, 0.1) is 16.6 Å². The van der Waals surface area contributed by atoms with Crippen LogP contribution in [0.15, 0.2) is 103 Å². The quantitative estimate of drug-likeness (QED) is 0.0482. The van der Waals surface area contributed by atoms with Crippen LogP contribution in [0.2, 0.25) is 0 Å². The van der Waals surface area contributed by atoms with Crippen molar-refractivity contribution in [3.63, 3.8) is 0 Å². The summed E-state index contributed by atoms with van der Waals surface area (Å²) in [6.45, 7) is 10.5. The van der Waals surface area contributed by atoms with Crippen molar-refractivity contribution in [3.05, 3.63) is 126 Å². The number of aromatic nitrogens is 1. The van der Waals surface area contributed by atoms with Gasteiger partial charge in [-0.3, -0.25) is 24.8 Å². The van der Waals surface area contributed by atoms with Crippen LogP contribution in [0.25, 0.3) is 11.3 Å². The monoisotopic (exact) mass is 869 g/mol. The molecule has 0 bridgehead atoms. The SMILES string of the molecule is COC(=O)N[C@H](C(=O)N[C@@H](Cc1ccccc1)[C@H](CN(Cc1ccc(-c2ccccn2)cc1)NC(=O)[C@@H](NC(=O)OC)C(C)(C)C)OC(=O)[C@@H](N)Cc1ccc(F)cc1)C(C)(C)C. The van der Waals surface area contributed by atoms with Gasteiger partial charge < -0.3 is 35.9 Å². The number of ether oxygens (including phenoxy) is 3. The molecular weight excluding hydrogens is 810 g/mol. The molecule has 1 aromatic heterocycles. The Balaban J connectivity index is 1.82. The fourth-order valence-corrected chi connectivity index (χ4v) is 6.68. The van der Waals surface area contributed by atoms with E-state index >= 15 is 0 Å². The van der Waals surface area contributed by atoms with Gasteiger partial charge in [-0.25, -0.2) is 19.0 Å². The second kappa shape index (κ2) is 22.6. The standard InChI is InChI=1S/C47H60FN7O8/c1-46(2,3)39(52-44(59)61-7)41(56)51-37(27-30-14-10-9-11-15-30)38(63-43(58)35(49)26-31-19-23-34(48)24-20-31)29-55(54-42(57)40(47(4,5)6)53-45(60)62-8)28-32-17-21-33(22-18-32)36-16-12-13-25-50-36/h9-25,35,37-40H,26-29,49H2,1-8H3,(H,51,56)(H,52,59)(H,53,60)(H,54,57)/t35-,37-,38-,39+,40+/m0/s1. The van der Waals surface area contributed by atoms with Crippen LogP contribution in [0.1, 0.15) is 58.2 Å². The predicted molar refractivity (Wildman–Crippen MR) is 236 cm³/mol. The summed E-state index contributed by atoms with van der Waals surface area (Å²) >= 11 is 0. The Morgan fingerprint density at radius 1 is 0.683 bits per heavy atom. The van der Waals surface area contributed by atoms with Gasteiger partial charge in [0.15, 0.2) is 0 Å². The maximum Gasteiger partial charge on any atom is 0.407 e. The van der Waals surface area contributed by atoms with Gasteiger partial charge in [0.2, 0.25) is 5.91 Å². The first-order valence-electron chi connectivity index (χ1n) is 20.6. The molecule has 0 unspecified atom stereocenters. The molecular formula is C47H60FN7O8. The van der Waals surface area contributed by atoms with Gasteiger partial charge in [0.05, 0.1) is 32.5 Å². The summed E-state index contributed by atoms with van der Waals surface area (Å²) in [7, 11) is 2.38. The van der Waals surface area contributed by atoms with Crippen molar-refractivity contribution >= 4 is 30.0 Å². The zero-order chi connectivity index (χ0) is 46.3. The van der Waals surface area contributed by atoms with Crippen molar-refractivity contribution in [3.8, 4) is 11.3 Å². The summed E-state index contributed by atoms with van der Waals surface area (Å²) in [6, 6.07) is 23.4. The van der Waals surface area contributed by atoms with E-state index in [1.165, 1.54) is 43.5 Å². The number of pyridine rings is 1. The highest BCUT2D eigenvalue weighted by Gasteiger charge is 2.39. The van der Waals surface area contributed by atoms with Crippen LogP contribution in [0.3, 0.4) is 0 Å². The van der Waals surface area contributed by atoms with Crippen molar-refractivity contribution in [2.45, 2.75) is 91.2 Å². The molecule has 0 aliphatic rings. The summed E-state index contributed by atoms with van der Waals surface area (Å²) in [5, 5.41) is 9.83. The molecule has 4 rings (SSSR count). The lowest BCUT2D eigenvalue weighted by molar-refractivity contribution is -0.155. The highest BCUT2D eigenvalue weighted by molar-refractivity contribution is 5.87. The highest BCUT2D eigenvalue weighted by atomic mass is 19.1. The number of carbonyl (C=O) groups excluding carboxylic acids is 5. The topological polar surface area (TPSA) is 203 Å². The predicted octanol–water partition coefficient (Wildman–Crippen LogP) is 5.47. The molecule has 3 aromatic carbocycles. The van der Waals surface area contributed by atoms with Crippen LogP contribution in [-0.4, -0.2) is 91.0 Å². The number of hydrogen-bond acceptors (Lipinski definition) is 11. The number of halogens is 1. The number of nitrogens with one attached hydrogen (secondary N) is 4. The number of alkyl carbamates (subject to hydrolysis) is 2. The first-order chi connectivity index (χ1) is 29.8. The van der Waals surface area contributed by atoms with Gasteiger partial charge in [0.25, 0.3) is 5.91 Å². The minimum Gasteiger partial charge on any atom is -0.458 e. The maximum absolute atomic E-state index is 14.4. The number of rotatable bonds is 18. The number of carbonyl (C=O) groups is 5. The fourth-order valence-electron chi connectivity index (χ4n) is 6.68. The summed E-state index contributed by atoms with van der Waals surface area (Å²) in [6.07, 6.45) is -1.04. The van der Waals surface area contributed by atoms with Crippen LogP contribution in [-0.2, 0) is 48.0 Å². The first kappa shape index (κ1) is 49.3. The summed E-state index contributed by atoms with van der Waals surface area (Å²) in [4.78, 5) is 72.2. The van der Waals surface area contributed by atoms with Gasteiger partial charge in [0, 0.05) is 18.3 Å². The van der Waals surface area contributed by atoms with Gasteiger partial charge in [-0.05, 0) is 64.6 Å². The number of nitrogens with two attached hydrogens (primary N) is 1. The normalized spacial score (nSPS) is 14.0. The molecule has 0 aliphatic carbocycles. The van der Waals surface area contributed by atoms with E-state index in [0.29, 0.717) is 5.56 Å². The van der Waals surface area contributed by atoms with Crippen molar-refractivity contribution in [1.82, 2.24) is 31.4 Å². The fraction of sp³-hybridized carbons (Fsp3) is 0.404. The zero-order valence-corrected chi connectivity index (χ0v) is 37.1. The van der Waals surface area contributed by atoms with Gasteiger partial charge in [0.1, 0.15) is 30.0 Å². The largest absolute Gasteiger partial charge is 0.458 e. The number of benzene rings is 3.